The first kappa shape index (κ1) is 15.0. The average Bonchev–Trinajstić information content (AvgIpc) is 2.40. The number of aryl methyl sites for hydroxylation is 1. The van der Waals surface area contributed by atoms with E-state index in [1.807, 2.05) is 6.92 Å². The molecule has 3 fully saturated rings. The molecule has 4 heteroatoms. The summed E-state index contributed by atoms with van der Waals surface area (Å²) in [5.41, 5.74) is 1.38. The molecule has 0 aliphatic heterocycles. The highest BCUT2D eigenvalue weighted by Gasteiger charge is 2.57. The molecule has 21 heavy (non-hydrogen) atoms. The minimum Gasteiger partial charge on any atom is -0.263 e. The van der Waals surface area contributed by atoms with Crippen molar-refractivity contribution >= 4 is 10.1 Å². The van der Waals surface area contributed by atoms with Gasteiger partial charge in [0, 0.05) is 0 Å². The van der Waals surface area contributed by atoms with Crippen molar-refractivity contribution in [2.45, 2.75) is 51.5 Å². The third kappa shape index (κ3) is 2.42. The monoisotopic (exact) mass is 308 g/mol. The van der Waals surface area contributed by atoms with Gasteiger partial charge < -0.3 is 0 Å². The summed E-state index contributed by atoms with van der Waals surface area (Å²) in [6, 6.07) is 6.87. The Morgan fingerprint density at radius 1 is 1.14 bits per heavy atom. The number of hydrogen-bond donors (Lipinski definition) is 0. The number of hydrogen-bond acceptors (Lipinski definition) is 3. The number of fused-ring (bicyclic) bond motifs is 2. The SMILES string of the molecule is Cc1ccc(S(=O)(=O)O[C@@H]2C[C@@H]3C[C@H]([C@H]2C)C3(C)C)cc1. The van der Waals surface area contributed by atoms with Gasteiger partial charge in [0.05, 0.1) is 11.0 Å². The van der Waals surface area contributed by atoms with Crippen molar-refractivity contribution < 1.29 is 12.6 Å². The van der Waals surface area contributed by atoms with Gasteiger partial charge in [-0.1, -0.05) is 38.5 Å². The lowest BCUT2D eigenvalue weighted by atomic mass is 9.45. The fourth-order valence-corrected chi connectivity index (χ4v) is 5.31. The molecule has 1 aromatic rings. The van der Waals surface area contributed by atoms with Gasteiger partial charge in [-0.3, -0.25) is 4.18 Å². The van der Waals surface area contributed by atoms with E-state index in [4.69, 9.17) is 4.18 Å². The fraction of sp³-hybridized carbons (Fsp3) is 0.647. The van der Waals surface area contributed by atoms with Crippen molar-refractivity contribution in [3.63, 3.8) is 0 Å². The van der Waals surface area contributed by atoms with Gasteiger partial charge in [-0.15, -0.1) is 0 Å². The van der Waals surface area contributed by atoms with Crippen LogP contribution in [0.5, 0.6) is 0 Å². The second kappa shape index (κ2) is 4.82. The van der Waals surface area contributed by atoms with Crippen molar-refractivity contribution in [1.29, 1.82) is 0 Å². The van der Waals surface area contributed by atoms with Gasteiger partial charge in [0.15, 0.2) is 0 Å². The van der Waals surface area contributed by atoms with E-state index >= 15 is 0 Å². The summed E-state index contributed by atoms with van der Waals surface area (Å²) < 4.78 is 30.4. The number of rotatable bonds is 3. The van der Waals surface area contributed by atoms with Gasteiger partial charge in [0.25, 0.3) is 10.1 Å². The van der Waals surface area contributed by atoms with Gasteiger partial charge >= 0.3 is 0 Å². The molecule has 0 amide bonds. The summed E-state index contributed by atoms with van der Waals surface area (Å²) in [5, 5.41) is 0. The lowest BCUT2D eigenvalue weighted by molar-refractivity contribution is -0.145. The molecule has 4 atom stereocenters. The summed E-state index contributed by atoms with van der Waals surface area (Å²) in [7, 11) is -3.65. The molecule has 0 N–H and O–H groups in total. The van der Waals surface area contributed by atoms with Crippen LogP contribution in [0.3, 0.4) is 0 Å². The van der Waals surface area contributed by atoms with Gasteiger partial charge in [-0.2, -0.15) is 8.42 Å². The molecule has 0 saturated heterocycles. The van der Waals surface area contributed by atoms with Gasteiger partial charge in [-0.05, 0) is 55.1 Å². The second-order valence-corrected chi connectivity index (χ2v) is 8.93. The largest absolute Gasteiger partial charge is 0.297 e. The molecule has 0 heterocycles. The summed E-state index contributed by atoms with van der Waals surface area (Å²) >= 11 is 0. The topological polar surface area (TPSA) is 43.4 Å². The molecule has 3 nitrogen and oxygen atoms in total. The lowest BCUT2D eigenvalue weighted by Crippen LogP contribution is -2.57. The van der Waals surface area contributed by atoms with E-state index in [1.54, 1.807) is 24.3 Å². The Hall–Kier alpha value is -0.870. The number of benzene rings is 1. The molecule has 116 valence electrons. The van der Waals surface area contributed by atoms with Crippen molar-refractivity contribution in [3.8, 4) is 0 Å². The van der Waals surface area contributed by atoms with E-state index in [-0.39, 0.29) is 11.0 Å². The van der Waals surface area contributed by atoms with E-state index in [0.717, 1.165) is 12.0 Å². The minimum absolute atomic E-state index is 0.173. The highest BCUT2D eigenvalue weighted by molar-refractivity contribution is 7.86. The molecule has 2 bridgehead atoms. The van der Waals surface area contributed by atoms with E-state index in [2.05, 4.69) is 20.8 Å². The van der Waals surface area contributed by atoms with E-state index in [0.29, 0.717) is 23.2 Å². The first-order chi connectivity index (χ1) is 9.72. The summed E-state index contributed by atoms with van der Waals surface area (Å²) in [4.78, 5) is 0.263. The highest BCUT2D eigenvalue weighted by Crippen LogP contribution is 2.61. The molecule has 1 aromatic carbocycles. The van der Waals surface area contributed by atoms with E-state index < -0.39 is 10.1 Å². The van der Waals surface area contributed by atoms with Crippen LogP contribution in [0, 0.1) is 30.1 Å². The van der Waals surface area contributed by atoms with Crippen molar-refractivity contribution in [3.05, 3.63) is 29.8 Å². The molecule has 0 aromatic heterocycles. The summed E-state index contributed by atoms with van der Waals surface area (Å²) in [5.74, 6) is 1.47. The summed E-state index contributed by atoms with van der Waals surface area (Å²) in [6.07, 6.45) is 1.90. The zero-order chi connectivity index (χ0) is 15.4. The van der Waals surface area contributed by atoms with E-state index in [9.17, 15) is 8.42 Å². The van der Waals surface area contributed by atoms with Crippen LogP contribution in [-0.2, 0) is 14.3 Å². The van der Waals surface area contributed by atoms with Crippen LogP contribution < -0.4 is 0 Å². The quantitative estimate of drug-likeness (QED) is 0.798. The Morgan fingerprint density at radius 2 is 1.76 bits per heavy atom. The second-order valence-electron chi connectivity index (χ2n) is 7.36. The maximum atomic E-state index is 12.4. The zero-order valence-corrected chi connectivity index (χ0v) is 14.0. The summed E-state index contributed by atoms with van der Waals surface area (Å²) in [6.45, 7) is 8.67. The van der Waals surface area contributed by atoms with Crippen molar-refractivity contribution in [2.24, 2.45) is 23.2 Å². The minimum atomic E-state index is -3.65. The smallest absolute Gasteiger partial charge is 0.263 e. The first-order valence-corrected chi connectivity index (χ1v) is 9.12. The van der Waals surface area contributed by atoms with Crippen LogP contribution in [0.15, 0.2) is 29.2 Å². The first-order valence-electron chi connectivity index (χ1n) is 7.72. The van der Waals surface area contributed by atoms with Crippen LogP contribution in [0.2, 0.25) is 0 Å². The highest BCUT2D eigenvalue weighted by atomic mass is 32.2. The molecule has 0 spiro atoms. The Bertz CT molecular complexity index is 631. The van der Waals surface area contributed by atoms with Crippen molar-refractivity contribution in [1.82, 2.24) is 0 Å². The van der Waals surface area contributed by atoms with Gasteiger partial charge in [-0.25, -0.2) is 0 Å². The molecule has 4 rings (SSSR count). The van der Waals surface area contributed by atoms with Crippen molar-refractivity contribution in [2.75, 3.05) is 0 Å². The fourth-order valence-electron chi connectivity index (χ4n) is 4.15. The molecule has 0 unspecified atom stereocenters. The zero-order valence-electron chi connectivity index (χ0n) is 13.2. The molecule has 3 aliphatic rings. The Balaban J connectivity index is 1.77. The molecule has 0 radical (unpaired) electrons. The lowest BCUT2D eigenvalue weighted by Gasteiger charge is -2.61. The van der Waals surface area contributed by atoms with Gasteiger partial charge in [0.2, 0.25) is 0 Å². The predicted octanol–water partition coefficient (Wildman–Crippen LogP) is 3.77. The molecular weight excluding hydrogens is 284 g/mol. The van der Waals surface area contributed by atoms with Crippen LogP contribution >= 0.6 is 0 Å². The predicted molar refractivity (Wildman–Crippen MR) is 82.4 cm³/mol. The Labute approximate surface area is 127 Å². The molecular formula is C17H24O3S. The normalized spacial score (nSPS) is 34.3. The van der Waals surface area contributed by atoms with Crippen LogP contribution in [0.25, 0.3) is 0 Å². The average molecular weight is 308 g/mol. The van der Waals surface area contributed by atoms with Crippen LogP contribution in [-0.4, -0.2) is 14.5 Å². The maximum absolute atomic E-state index is 12.4. The Kier molecular flexibility index (Phi) is 3.45. The molecule has 3 aliphatic carbocycles. The standard InChI is InChI=1S/C17H24O3S/c1-11-5-7-14(8-6-11)21(18,19)20-16-10-13-9-15(12(16)2)17(13,3)4/h5-8,12-13,15-16H,9-10H2,1-4H3/t12-,13+,15-,16-/m1/s1. The van der Waals surface area contributed by atoms with Crippen LogP contribution in [0.4, 0.5) is 0 Å². The van der Waals surface area contributed by atoms with E-state index in [1.165, 1.54) is 6.42 Å². The Morgan fingerprint density at radius 3 is 2.29 bits per heavy atom. The third-order valence-electron chi connectivity index (χ3n) is 5.84. The van der Waals surface area contributed by atoms with Gasteiger partial charge in [0.1, 0.15) is 0 Å². The van der Waals surface area contributed by atoms with Crippen LogP contribution in [0.1, 0.15) is 39.2 Å². The maximum Gasteiger partial charge on any atom is 0.297 e. The third-order valence-corrected chi connectivity index (χ3v) is 7.19. The molecule has 3 saturated carbocycles.